The highest BCUT2D eigenvalue weighted by molar-refractivity contribution is 5.64. The molecule has 0 bridgehead atoms. The summed E-state index contributed by atoms with van der Waals surface area (Å²) in [6.45, 7) is 0. The third-order valence-corrected chi connectivity index (χ3v) is 2.05. The number of halogens is 3. The van der Waals surface area contributed by atoms with E-state index in [1.54, 1.807) is 6.07 Å². The molecule has 0 aliphatic rings. The largest absolute Gasteiger partial charge is 0.206 e. The second-order valence-electron chi connectivity index (χ2n) is 3.00. The number of benzene rings is 2. The van der Waals surface area contributed by atoms with Crippen molar-refractivity contribution in [1.29, 1.82) is 0 Å². The van der Waals surface area contributed by atoms with Crippen molar-refractivity contribution in [3.05, 3.63) is 59.9 Å². The molecule has 0 fully saturated rings. The van der Waals surface area contributed by atoms with E-state index in [1.165, 1.54) is 30.3 Å². The first-order chi connectivity index (χ1) is 7.20. The van der Waals surface area contributed by atoms with Crippen LogP contribution in [0.25, 0.3) is 11.1 Å². The zero-order valence-corrected chi connectivity index (χ0v) is 7.60. The van der Waals surface area contributed by atoms with E-state index in [4.69, 9.17) is 0 Å². The van der Waals surface area contributed by atoms with E-state index >= 15 is 0 Å². The fourth-order valence-corrected chi connectivity index (χ4v) is 1.34. The third-order valence-electron chi connectivity index (χ3n) is 2.05. The van der Waals surface area contributed by atoms with Gasteiger partial charge < -0.3 is 0 Å². The van der Waals surface area contributed by atoms with Crippen LogP contribution in [0, 0.1) is 23.5 Å². The fourth-order valence-electron chi connectivity index (χ4n) is 1.34. The molecule has 0 aromatic heterocycles. The molecule has 0 heterocycles. The molecule has 2 rings (SSSR count). The lowest BCUT2D eigenvalue weighted by Gasteiger charge is -2.04. The van der Waals surface area contributed by atoms with E-state index in [0.717, 1.165) is 0 Å². The van der Waals surface area contributed by atoms with Crippen molar-refractivity contribution in [2.75, 3.05) is 0 Å². The van der Waals surface area contributed by atoms with Crippen molar-refractivity contribution < 1.29 is 13.2 Å². The predicted molar refractivity (Wildman–Crippen MR) is 50.6 cm³/mol. The van der Waals surface area contributed by atoms with Gasteiger partial charge in [0.05, 0.1) is 0 Å². The first-order valence-electron chi connectivity index (χ1n) is 4.30. The topological polar surface area (TPSA) is 0 Å². The molecule has 0 aliphatic heterocycles. The average Bonchev–Trinajstić information content (AvgIpc) is 2.23. The summed E-state index contributed by atoms with van der Waals surface area (Å²) in [6, 6.07) is 10.2. The minimum absolute atomic E-state index is 0.0444. The van der Waals surface area contributed by atoms with Crippen LogP contribution in [0.3, 0.4) is 0 Å². The van der Waals surface area contributed by atoms with E-state index < -0.39 is 17.5 Å². The molecule has 0 aliphatic carbocycles. The Morgan fingerprint density at radius 3 is 2.33 bits per heavy atom. The lowest BCUT2D eigenvalue weighted by molar-refractivity contribution is 0.509. The van der Waals surface area contributed by atoms with E-state index in [9.17, 15) is 13.2 Å². The Morgan fingerprint density at radius 1 is 0.867 bits per heavy atom. The lowest BCUT2D eigenvalue weighted by atomic mass is 10.0. The highest BCUT2D eigenvalue weighted by Gasteiger charge is 2.12. The van der Waals surface area contributed by atoms with Gasteiger partial charge in [0.1, 0.15) is 5.82 Å². The molecule has 0 saturated carbocycles. The summed E-state index contributed by atoms with van der Waals surface area (Å²) in [4.78, 5) is 0. The van der Waals surface area contributed by atoms with Crippen LogP contribution in [0.1, 0.15) is 0 Å². The maximum atomic E-state index is 13.3. The Bertz CT molecular complexity index is 492. The molecule has 0 amide bonds. The molecule has 0 spiro atoms. The monoisotopic (exact) mass is 207 g/mol. The Kier molecular flexibility index (Phi) is 2.46. The van der Waals surface area contributed by atoms with Crippen molar-refractivity contribution >= 4 is 0 Å². The van der Waals surface area contributed by atoms with Gasteiger partial charge >= 0.3 is 0 Å². The first kappa shape index (κ1) is 9.77. The Morgan fingerprint density at radius 2 is 1.60 bits per heavy atom. The van der Waals surface area contributed by atoms with Crippen LogP contribution in [-0.4, -0.2) is 0 Å². The molecular weight excluding hydrogens is 201 g/mol. The van der Waals surface area contributed by atoms with Gasteiger partial charge in [0.15, 0.2) is 11.6 Å². The molecule has 2 aromatic rings. The van der Waals surface area contributed by atoms with Gasteiger partial charge in [-0.05, 0) is 6.07 Å². The summed E-state index contributed by atoms with van der Waals surface area (Å²) in [5.74, 6) is -2.76. The molecule has 3 heteroatoms. The average molecular weight is 207 g/mol. The summed E-state index contributed by atoms with van der Waals surface area (Å²) < 4.78 is 39.4. The van der Waals surface area contributed by atoms with Crippen molar-refractivity contribution in [2.45, 2.75) is 0 Å². The summed E-state index contributed by atoms with van der Waals surface area (Å²) in [7, 11) is 0. The highest BCUT2D eigenvalue weighted by Crippen LogP contribution is 2.26. The SMILES string of the molecule is Fc1[c]ccc(-c2ccccc2F)c1F. The van der Waals surface area contributed by atoms with Crippen molar-refractivity contribution in [2.24, 2.45) is 0 Å². The zero-order chi connectivity index (χ0) is 10.8. The van der Waals surface area contributed by atoms with Crippen LogP contribution in [0.15, 0.2) is 36.4 Å². The third kappa shape index (κ3) is 1.73. The van der Waals surface area contributed by atoms with Gasteiger partial charge in [-0.15, -0.1) is 0 Å². The minimum Gasteiger partial charge on any atom is -0.206 e. The molecule has 75 valence electrons. The van der Waals surface area contributed by atoms with Crippen LogP contribution < -0.4 is 0 Å². The van der Waals surface area contributed by atoms with Crippen molar-refractivity contribution in [3.63, 3.8) is 0 Å². The smallest absolute Gasteiger partial charge is 0.167 e. The molecule has 0 atom stereocenters. The summed E-state index contributed by atoms with van der Waals surface area (Å²) in [6.07, 6.45) is 0. The van der Waals surface area contributed by atoms with E-state index in [0.29, 0.717) is 0 Å². The molecule has 0 nitrogen and oxygen atoms in total. The van der Waals surface area contributed by atoms with Crippen LogP contribution in [0.4, 0.5) is 13.2 Å². The van der Waals surface area contributed by atoms with E-state index in [1.807, 2.05) is 0 Å². The Balaban J connectivity index is 2.65. The van der Waals surface area contributed by atoms with Gasteiger partial charge in [-0.1, -0.05) is 30.3 Å². The standard InChI is InChI=1S/C12H6F3/c13-10-6-2-1-4-8(10)9-5-3-7-11(14)12(9)15/h1-6H. The van der Waals surface area contributed by atoms with Gasteiger partial charge in [-0.25, -0.2) is 13.2 Å². The normalized spacial score (nSPS) is 10.3. The van der Waals surface area contributed by atoms with Gasteiger partial charge in [0.25, 0.3) is 0 Å². The van der Waals surface area contributed by atoms with Gasteiger partial charge in [0, 0.05) is 17.2 Å². The summed E-state index contributed by atoms with van der Waals surface area (Å²) in [5, 5.41) is 0. The van der Waals surface area contributed by atoms with Gasteiger partial charge in [-0.3, -0.25) is 0 Å². The molecule has 0 saturated heterocycles. The number of rotatable bonds is 1. The quantitative estimate of drug-likeness (QED) is 0.670. The maximum absolute atomic E-state index is 13.3. The van der Waals surface area contributed by atoms with Crippen LogP contribution in [0.5, 0.6) is 0 Å². The van der Waals surface area contributed by atoms with Crippen molar-refractivity contribution in [3.8, 4) is 11.1 Å². The minimum atomic E-state index is -1.10. The number of hydrogen-bond acceptors (Lipinski definition) is 0. The van der Waals surface area contributed by atoms with E-state index in [-0.39, 0.29) is 11.1 Å². The van der Waals surface area contributed by atoms with Gasteiger partial charge in [0.2, 0.25) is 0 Å². The maximum Gasteiger partial charge on any atom is 0.167 e. The Labute approximate surface area is 85.0 Å². The zero-order valence-electron chi connectivity index (χ0n) is 7.60. The fraction of sp³-hybridized carbons (Fsp3) is 0. The van der Waals surface area contributed by atoms with Gasteiger partial charge in [-0.2, -0.15) is 0 Å². The van der Waals surface area contributed by atoms with Crippen LogP contribution in [-0.2, 0) is 0 Å². The molecule has 0 unspecified atom stereocenters. The molecule has 15 heavy (non-hydrogen) atoms. The van der Waals surface area contributed by atoms with Crippen LogP contribution in [0.2, 0.25) is 0 Å². The van der Waals surface area contributed by atoms with E-state index in [2.05, 4.69) is 6.07 Å². The summed E-state index contributed by atoms with van der Waals surface area (Å²) in [5.41, 5.74) is -0.0488. The lowest BCUT2D eigenvalue weighted by Crippen LogP contribution is -1.91. The molecular formula is C12H6F3. The van der Waals surface area contributed by atoms with Crippen molar-refractivity contribution in [1.82, 2.24) is 0 Å². The molecule has 0 N–H and O–H groups in total. The highest BCUT2D eigenvalue weighted by atomic mass is 19.2. The second-order valence-corrected chi connectivity index (χ2v) is 3.00. The summed E-state index contributed by atoms with van der Waals surface area (Å²) >= 11 is 0. The second kappa shape index (κ2) is 3.77. The molecule has 2 aromatic carbocycles. The Hall–Kier alpha value is -1.77. The molecule has 1 radical (unpaired) electrons. The van der Waals surface area contributed by atoms with Crippen LogP contribution >= 0.6 is 0 Å². The predicted octanol–water partition coefficient (Wildman–Crippen LogP) is 3.57. The number of hydrogen-bond donors (Lipinski definition) is 0. The first-order valence-corrected chi connectivity index (χ1v) is 4.30.